The van der Waals surface area contributed by atoms with Crippen molar-refractivity contribution in [2.45, 2.75) is 36.7 Å². The zero-order valence-corrected chi connectivity index (χ0v) is 19.9. The van der Waals surface area contributed by atoms with Crippen LogP contribution in [0.2, 0.25) is 0 Å². The van der Waals surface area contributed by atoms with Gasteiger partial charge in [0.15, 0.2) is 0 Å². The second-order valence-corrected chi connectivity index (χ2v) is 9.92. The molecule has 0 N–H and O–H groups in total. The number of fused-ring (bicyclic) bond motifs is 2. The van der Waals surface area contributed by atoms with Crippen molar-refractivity contribution in [3.8, 4) is 0 Å². The summed E-state index contributed by atoms with van der Waals surface area (Å²) in [5, 5.41) is 2.56. The molecule has 0 saturated heterocycles. The van der Waals surface area contributed by atoms with Crippen LogP contribution in [-0.2, 0) is 11.8 Å². The molecule has 0 radical (unpaired) electrons. The number of anilines is 1. The fourth-order valence-electron chi connectivity index (χ4n) is 5.00. The van der Waals surface area contributed by atoms with Gasteiger partial charge in [-0.3, -0.25) is 0 Å². The predicted octanol–water partition coefficient (Wildman–Crippen LogP) is 6.34. The summed E-state index contributed by atoms with van der Waals surface area (Å²) < 4.78 is 8.09. The van der Waals surface area contributed by atoms with E-state index in [0.717, 1.165) is 6.42 Å². The van der Waals surface area contributed by atoms with Crippen molar-refractivity contribution < 1.29 is 9.30 Å². The van der Waals surface area contributed by atoms with Crippen LogP contribution in [0.25, 0.3) is 17.0 Å². The minimum absolute atomic E-state index is 0.354. The van der Waals surface area contributed by atoms with Gasteiger partial charge in [-0.25, -0.2) is 0 Å². The summed E-state index contributed by atoms with van der Waals surface area (Å²) in [5.41, 5.74) is 5.18. The molecular formula is C28H31N2OS+. The van der Waals surface area contributed by atoms with Gasteiger partial charge in [-0.2, -0.15) is 4.57 Å². The average Bonchev–Trinajstić information content (AvgIpc) is 3.15. The third-order valence-electron chi connectivity index (χ3n) is 6.93. The Morgan fingerprint density at radius 2 is 1.88 bits per heavy atom. The van der Waals surface area contributed by atoms with Crippen LogP contribution in [0.1, 0.15) is 31.4 Å². The smallest absolute Gasteiger partial charge is 0.212 e. The van der Waals surface area contributed by atoms with E-state index in [4.69, 9.17) is 4.74 Å². The average molecular weight is 444 g/mol. The number of methoxy groups -OCH3 is 1. The lowest BCUT2D eigenvalue weighted by molar-refractivity contribution is -0.646. The van der Waals surface area contributed by atoms with Gasteiger partial charge in [0.25, 0.3) is 0 Å². The van der Waals surface area contributed by atoms with Crippen molar-refractivity contribution in [1.29, 1.82) is 0 Å². The highest BCUT2D eigenvalue weighted by Crippen LogP contribution is 2.46. The minimum atomic E-state index is 0.354. The summed E-state index contributed by atoms with van der Waals surface area (Å²) in [7, 11) is 6.21. The first kappa shape index (κ1) is 21.3. The molecular weight excluding hydrogens is 412 g/mol. The summed E-state index contributed by atoms with van der Waals surface area (Å²) in [6.07, 6.45) is 9.87. The summed E-state index contributed by atoms with van der Waals surface area (Å²) in [5.74, 6) is 0.505. The van der Waals surface area contributed by atoms with Gasteiger partial charge in [-0.05, 0) is 61.1 Å². The number of ether oxygens (including phenoxy) is 1. The van der Waals surface area contributed by atoms with E-state index in [-0.39, 0.29) is 0 Å². The summed E-state index contributed by atoms with van der Waals surface area (Å²) in [4.78, 5) is 3.65. The minimum Gasteiger partial charge on any atom is -0.381 e. The number of aryl methyl sites for hydroxylation is 1. The Kier molecular flexibility index (Phi) is 6.07. The zero-order valence-electron chi connectivity index (χ0n) is 19.1. The number of para-hydroxylation sites is 2. The first-order valence-electron chi connectivity index (χ1n) is 11.5. The Hall–Kier alpha value is -2.56. The van der Waals surface area contributed by atoms with E-state index in [1.807, 2.05) is 18.9 Å². The van der Waals surface area contributed by atoms with Crippen molar-refractivity contribution in [3.63, 3.8) is 0 Å². The van der Waals surface area contributed by atoms with Crippen LogP contribution in [0.3, 0.4) is 0 Å². The number of hydrogen-bond acceptors (Lipinski definition) is 3. The molecule has 2 aliphatic rings. The number of benzene rings is 2. The maximum absolute atomic E-state index is 5.78. The van der Waals surface area contributed by atoms with Crippen LogP contribution < -0.4 is 9.47 Å². The molecule has 0 spiro atoms. The van der Waals surface area contributed by atoms with E-state index >= 15 is 0 Å². The molecule has 1 saturated carbocycles. The summed E-state index contributed by atoms with van der Waals surface area (Å²) >= 11 is 1.87. The molecule has 3 nitrogen and oxygen atoms in total. The zero-order chi connectivity index (χ0) is 22.1. The number of rotatable bonds is 4. The third-order valence-corrected chi connectivity index (χ3v) is 8.09. The van der Waals surface area contributed by atoms with Crippen molar-refractivity contribution in [2.75, 3.05) is 19.1 Å². The number of allylic oxidation sites excluding steroid dienone is 2. The van der Waals surface area contributed by atoms with Crippen LogP contribution in [0, 0.1) is 5.92 Å². The molecule has 164 valence electrons. The van der Waals surface area contributed by atoms with Gasteiger partial charge in [-0.15, -0.1) is 0 Å². The molecule has 2 atom stereocenters. The second kappa shape index (κ2) is 9.13. The Labute approximate surface area is 195 Å². The van der Waals surface area contributed by atoms with Crippen LogP contribution in [-0.4, -0.2) is 20.3 Å². The Bertz CT molecular complexity index is 1200. The topological polar surface area (TPSA) is 16.4 Å². The van der Waals surface area contributed by atoms with Gasteiger partial charge in [0.2, 0.25) is 11.2 Å². The van der Waals surface area contributed by atoms with E-state index < -0.39 is 0 Å². The molecule has 1 aromatic heterocycles. The molecule has 1 aliphatic carbocycles. The Balaban J connectivity index is 1.57. The van der Waals surface area contributed by atoms with Crippen LogP contribution in [0.4, 0.5) is 5.69 Å². The molecule has 0 bridgehead atoms. The van der Waals surface area contributed by atoms with E-state index in [0.29, 0.717) is 12.0 Å². The van der Waals surface area contributed by atoms with Crippen LogP contribution >= 0.6 is 11.8 Å². The van der Waals surface area contributed by atoms with E-state index in [1.54, 1.807) is 0 Å². The monoisotopic (exact) mass is 443 g/mol. The van der Waals surface area contributed by atoms with E-state index in [2.05, 4.69) is 96.4 Å². The molecule has 0 amide bonds. The first-order valence-corrected chi connectivity index (χ1v) is 12.3. The normalized spacial score (nSPS) is 22.5. The lowest BCUT2D eigenvalue weighted by Gasteiger charge is -2.29. The third kappa shape index (κ3) is 4.10. The molecule has 4 heteroatoms. The number of nitrogens with zero attached hydrogens (tertiary/aromatic N) is 2. The van der Waals surface area contributed by atoms with Crippen molar-refractivity contribution in [1.82, 2.24) is 0 Å². The molecule has 1 fully saturated rings. The van der Waals surface area contributed by atoms with Gasteiger partial charge in [0.1, 0.15) is 7.05 Å². The van der Waals surface area contributed by atoms with E-state index in [9.17, 15) is 0 Å². The SMILES string of the molecule is COC1CCCC(C(=C\c2ccc3ccccc3[n+]2C)/C=C2/Sc3ccccc3N2C)C1. The molecule has 32 heavy (non-hydrogen) atoms. The number of thioether (sulfide) groups is 1. The molecule has 2 heterocycles. The number of pyridine rings is 1. The van der Waals surface area contributed by atoms with Gasteiger partial charge < -0.3 is 9.64 Å². The van der Waals surface area contributed by atoms with E-state index in [1.165, 1.54) is 57.0 Å². The molecule has 3 aromatic rings. The predicted molar refractivity (Wildman–Crippen MR) is 135 cm³/mol. The fourth-order valence-corrected chi connectivity index (χ4v) is 6.12. The molecule has 2 unspecified atom stereocenters. The van der Waals surface area contributed by atoms with Crippen LogP contribution in [0.5, 0.6) is 0 Å². The van der Waals surface area contributed by atoms with Crippen molar-refractivity contribution in [3.05, 3.63) is 83.0 Å². The van der Waals surface area contributed by atoms with Crippen LogP contribution in [0.15, 0.2) is 82.2 Å². The first-order chi connectivity index (χ1) is 15.6. The lowest BCUT2D eigenvalue weighted by Crippen LogP contribution is -2.33. The Morgan fingerprint density at radius 3 is 2.72 bits per heavy atom. The van der Waals surface area contributed by atoms with Crippen molar-refractivity contribution in [2.24, 2.45) is 13.0 Å². The maximum atomic E-state index is 5.78. The number of hydrogen-bond donors (Lipinski definition) is 0. The highest BCUT2D eigenvalue weighted by atomic mass is 32.2. The molecule has 2 aromatic carbocycles. The highest BCUT2D eigenvalue weighted by Gasteiger charge is 2.27. The highest BCUT2D eigenvalue weighted by molar-refractivity contribution is 8.03. The van der Waals surface area contributed by atoms with Gasteiger partial charge in [0, 0.05) is 42.6 Å². The fraction of sp³-hybridized carbons (Fsp3) is 0.321. The number of aromatic nitrogens is 1. The Morgan fingerprint density at radius 1 is 1.06 bits per heavy atom. The standard InChI is InChI=1S/C28H31N2OS/c1-29-23(16-15-20-9-4-5-12-25(20)29)17-22(21-10-8-11-24(18-21)31-3)19-28-30(2)26-13-6-7-14-27(26)32-28/h4-7,9,12-17,19,21,24H,8,10-11,18H2,1-3H3/q+1. The second-order valence-electron chi connectivity index (χ2n) is 8.85. The molecule has 5 rings (SSSR count). The van der Waals surface area contributed by atoms with Gasteiger partial charge in [-0.1, -0.05) is 42.4 Å². The van der Waals surface area contributed by atoms with Crippen molar-refractivity contribution >= 4 is 34.4 Å². The van der Waals surface area contributed by atoms with Gasteiger partial charge >= 0.3 is 0 Å². The maximum Gasteiger partial charge on any atom is 0.212 e. The quantitative estimate of drug-likeness (QED) is 0.438. The van der Waals surface area contributed by atoms with Gasteiger partial charge in [0.05, 0.1) is 16.8 Å². The molecule has 1 aliphatic heterocycles. The summed E-state index contributed by atoms with van der Waals surface area (Å²) in [6.45, 7) is 0. The summed E-state index contributed by atoms with van der Waals surface area (Å²) in [6, 6.07) is 21.7. The lowest BCUT2D eigenvalue weighted by atomic mass is 9.81. The largest absolute Gasteiger partial charge is 0.381 e.